The number of carbonyl (C=O) groups is 1. The van der Waals surface area contributed by atoms with Crippen molar-refractivity contribution < 1.29 is 14.6 Å². The predicted octanol–water partition coefficient (Wildman–Crippen LogP) is 2.49. The molecule has 1 aromatic heterocycles. The summed E-state index contributed by atoms with van der Waals surface area (Å²) in [6.07, 6.45) is 6.31. The molecule has 1 N–H and O–H groups in total. The molecule has 1 aromatic rings. The zero-order valence-electron chi connectivity index (χ0n) is 14.9. The molecule has 0 aliphatic carbocycles. The number of rotatable bonds is 1. The van der Waals surface area contributed by atoms with Crippen LogP contribution >= 0.6 is 0 Å². The minimum absolute atomic E-state index is 0.0667. The van der Waals surface area contributed by atoms with Crippen LogP contribution in [0.3, 0.4) is 0 Å². The summed E-state index contributed by atoms with van der Waals surface area (Å²) in [5.41, 5.74) is -1.02. The summed E-state index contributed by atoms with van der Waals surface area (Å²) < 4.78 is 5.56. The average Bonchev–Trinajstić information content (AvgIpc) is 2.52. The first-order chi connectivity index (χ1) is 11.7. The summed E-state index contributed by atoms with van der Waals surface area (Å²) in [6.45, 7) is 5.57. The van der Waals surface area contributed by atoms with E-state index in [9.17, 15) is 9.90 Å². The third kappa shape index (κ3) is 3.59. The largest absolute Gasteiger partial charge is 0.444 e. The summed E-state index contributed by atoms with van der Waals surface area (Å²) in [5, 5.41) is 20.0. The van der Waals surface area contributed by atoms with Crippen LogP contribution in [0.25, 0.3) is 0 Å². The van der Waals surface area contributed by atoms with E-state index in [0.717, 1.165) is 19.3 Å². The Balaban J connectivity index is 1.83. The zero-order valence-corrected chi connectivity index (χ0v) is 14.9. The number of nitriles is 1. The van der Waals surface area contributed by atoms with Crippen LogP contribution in [0.15, 0.2) is 12.4 Å². The van der Waals surface area contributed by atoms with Crippen molar-refractivity contribution in [1.29, 1.82) is 5.26 Å². The molecular weight excluding hydrogens is 320 g/mol. The number of aromatic nitrogens is 2. The van der Waals surface area contributed by atoms with Gasteiger partial charge in [0.15, 0.2) is 0 Å². The van der Waals surface area contributed by atoms with Crippen LogP contribution in [-0.4, -0.2) is 43.8 Å². The number of carbonyl (C=O) groups excluding carboxylic acids is 1. The first-order valence-electron chi connectivity index (χ1n) is 8.68. The van der Waals surface area contributed by atoms with Crippen LogP contribution in [0.4, 0.5) is 4.79 Å². The molecule has 134 valence electrons. The lowest BCUT2D eigenvalue weighted by Gasteiger charge is -2.51. The number of aliphatic hydroxyl groups is 1. The quantitative estimate of drug-likeness (QED) is 0.840. The van der Waals surface area contributed by atoms with E-state index in [-0.39, 0.29) is 24.0 Å². The first kappa shape index (κ1) is 17.6. The highest BCUT2D eigenvalue weighted by Crippen LogP contribution is 2.44. The summed E-state index contributed by atoms with van der Waals surface area (Å²) in [5.74, 6) is 0.0822. The number of ether oxygens (including phenoxy) is 1. The highest BCUT2D eigenvalue weighted by Gasteiger charge is 2.49. The molecule has 0 aromatic carbocycles. The normalized spacial score (nSPS) is 29.0. The second-order valence-corrected chi connectivity index (χ2v) is 7.97. The van der Waals surface area contributed by atoms with Crippen LogP contribution in [0, 0.1) is 11.3 Å². The monoisotopic (exact) mass is 344 g/mol. The standard InChI is InChI=1S/C18H24N4O3/c1-17(2,3)25-16(23)22-13-5-4-6-14(22)8-18(24,7-13)12-10-20-15(9-19)21-11-12/h10-11,13-14,24H,4-8H2,1-3H3. The van der Waals surface area contributed by atoms with Crippen LogP contribution in [0.2, 0.25) is 0 Å². The Morgan fingerprint density at radius 2 is 1.88 bits per heavy atom. The van der Waals surface area contributed by atoms with E-state index in [1.807, 2.05) is 31.7 Å². The number of hydrogen-bond acceptors (Lipinski definition) is 6. The third-order valence-corrected chi connectivity index (χ3v) is 4.90. The van der Waals surface area contributed by atoms with Gasteiger partial charge in [-0.3, -0.25) is 0 Å². The molecular formula is C18H24N4O3. The number of nitrogens with zero attached hydrogens (tertiary/aromatic N) is 4. The molecule has 2 aliphatic rings. The van der Waals surface area contributed by atoms with Gasteiger partial charge < -0.3 is 14.7 Å². The third-order valence-electron chi connectivity index (χ3n) is 4.90. The molecule has 1 amide bonds. The van der Waals surface area contributed by atoms with Gasteiger partial charge in [-0.2, -0.15) is 5.26 Å². The lowest BCUT2D eigenvalue weighted by Crippen LogP contribution is -2.59. The summed E-state index contributed by atoms with van der Waals surface area (Å²) >= 11 is 0. The van der Waals surface area contributed by atoms with Gasteiger partial charge in [0.05, 0.1) is 5.60 Å². The van der Waals surface area contributed by atoms with Crippen molar-refractivity contribution >= 4 is 6.09 Å². The van der Waals surface area contributed by atoms with E-state index in [1.54, 1.807) is 0 Å². The fourth-order valence-corrected chi connectivity index (χ4v) is 3.90. The second kappa shape index (κ2) is 6.26. The minimum atomic E-state index is -1.08. The molecule has 0 radical (unpaired) electrons. The summed E-state index contributed by atoms with van der Waals surface area (Å²) in [4.78, 5) is 22.4. The lowest BCUT2D eigenvalue weighted by molar-refractivity contribution is -0.0968. The molecule has 2 saturated heterocycles. The summed E-state index contributed by atoms with van der Waals surface area (Å²) in [6, 6.07) is 1.75. The molecule has 7 nitrogen and oxygen atoms in total. The van der Waals surface area contributed by atoms with Gasteiger partial charge in [-0.15, -0.1) is 0 Å². The lowest BCUT2D eigenvalue weighted by atomic mass is 9.73. The molecule has 2 fully saturated rings. The van der Waals surface area contributed by atoms with Crippen LogP contribution in [-0.2, 0) is 10.3 Å². The minimum Gasteiger partial charge on any atom is -0.444 e. The van der Waals surface area contributed by atoms with E-state index in [2.05, 4.69) is 9.97 Å². The molecule has 25 heavy (non-hydrogen) atoms. The maximum absolute atomic E-state index is 12.6. The van der Waals surface area contributed by atoms with E-state index in [1.165, 1.54) is 12.4 Å². The number of amides is 1. The van der Waals surface area contributed by atoms with Crippen molar-refractivity contribution in [3.63, 3.8) is 0 Å². The van der Waals surface area contributed by atoms with Gasteiger partial charge in [-0.1, -0.05) is 0 Å². The smallest absolute Gasteiger partial charge is 0.410 e. The zero-order chi connectivity index (χ0) is 18.2. The molecule has 2 atom stereocenters. The Morgan fingerprint density at radius 1 is 1.32 bits per heavy atom. The van der Waals surface area contributed by atoms with Crippen molar-refractivity contribution in [3.8, 4) is 6.07 Å². The van der Waals surface area contributed by atoms with Crippen molar-refractivity contribution in [3.05, 3.63) is 23.8 Å². The Kier molecular flexibility index (Phi) is 4.41. The Labute approximate surface area is 147 Å². The van der Waals surface area contributed by atoms with Gasteiger partial charge in [0.2, 0.25) is 5.82 Å². The van der Waals surface area contributed by atoms with Gasteiger partial charge in [0, 0.05) is 42.9 Å². The second-order valence-electron chi connectivity index (χ2n) is 7.97. The SMILES string of the molecule is CC(C)(C)OC(=O)N1C2CCCC1CC(O)(c1cnc(C#N)nc1)C2. The van der Waals surface area contributed by atoms with Gasteiger partial charge in [0.25, 0.3) is 0 Å². The highest BCUT2D eigenvalue weighted by atomic mass is 16.6. The van der Waals surface area contributed by atoms with E-state index in [4.69, 9.17) is 10.00 Å². The van der Waals surface area contributed by atoms with Crippen LogP contribution < -0.4 is 0 Å². The molecule has 3 rings (SSSR count). The molecule has 2 bridgehead atoms. The number of piperidine rings is 2. The molecule has 2 unspecified atom stereocenters. The number of hydrogen-bond donors (Lipinski definition) is 1. The maximum Gasteiger partial charge on any atom is 0.410 e. The predicted molar refractivity (Wildman–Crippen MR) is 89.4 cm³/mol. The van der Waals surface area contributed by atoms with Gasteiger partial charge >= 0.3 is 6.09 Å². The highest BCUT2D eigenvalue weighted by molar-refractivity contribution is 5.69. The molecule has 0 saturated carbocycles. The average molecular weight is 344 g/mol. The van der Waals surface area contributed by atoms with Crippen LogP contribution in [0.5, 0.6) is 0 Å². The summed E-state index contributed by atoms with van der Waals surface area (Å²) in [7, 11) is 0. The Morgan fingerprint density at radius 3 is 2.36 bits per heavy atom. The topological polar surface area (TPSA) is 99.3 Å². The van der Waals surface area contributed by atoms with Crippen molar-refractivity contribution in [2.24, 2.45) is 0 Å². The Hall–Kier alpha value is -2.20. The maximum atomic E-state index is 12.6. The van der Waals surface area contributed by atoms with E-state index >= 15 is 0 Å². The van der Waals surface area contributed by atoms with Crippen molar-refractivity contribution in [2.45, 2.75) is 76.2 Å². The fraction of sp³-hybridized carbons (Fsp3) is 0.667. The fourth-order valence-electron chi connectivity index (χ4n) is 3.90. The van der Waals surface area contributed by atoms with Gasteiger partial charge in [0.1, 0.15) is 11.7 Å². The van der Waals surface area contributed by atoms with E-state index in [0.29, 0.717) is 18.4 Å². The van der Waals surface area contributed by atoms with Crippen molar-refractivity contribution in [2.75, 3.05) is 0 Å². The Bertz CT molecular complexity index is 676. The molecule has 3 heterocycles. The molecule has 0 spiro atoms. The van der Waals surface area contributed by atoms with Crippen molar-refractivity contribution in [1.82, 2.24) is 14.9 Å². The van der Waals surface area contributed by atoms with Crippen LogP contribution in [0.1, 0.15) is 64.3 Å². The molecule has 7 heteroatoms. The first-order valence-corrected chi connectivity index (χ1v) is 8.68. The van der Waals surface area contributed by atoms with E-state index < -0.39 is 11.2 Å². The van der Waals surface area contributed by atoms with Gasteiger partial charge in [-0.25, -0.2) is 14.8 Å². The number of fused-ring (bicyclic) bond motifs is 2. The van der Waals surface area contributed by atoms with Gasteiger partial charge in [-0.05, 0) is 40.0 Å². The molecule has 2 aliphatic heterocycles.